The summed E-state index contributed by atoms with van der Waals surface area (Å²) < 4.78 is 0. The second-order valence-corrected chi connectivity index (χ2v) is 6.18. The zero-order chi connectivity index (χ0) is 15.6. The maximum atomic E-state index is 12.2. The lowest BCUT2D eigenvalue weighted by Gasteiger charge is -2.19. The van der Waals surface area contributed by atoms with Gasteiger partial charge in [-0.2, -0.15) is 0 Å². The molecule has 114 valence electrons. The van der Waals surface area contributed by atoms with Crippen molar-refractivity contribution in [2.45, 2.75) is 38.8 Å². The number of carbonyl (C=O) groups excluding carboxylic acids is 1. The minimum absolute atomic E-state index is 0.0960. The fourth-order valence-electron chi connectivity index (χ4n) is 2.73. The summed E-state index contributed by atoms with van der Waals surface area (Å²) >= 11 is 0. The maximum absolute atomic E-state index is 12.2. The highest BCUT2D eigenvalue weighted by Crippen LogP contribution is 2.45. The maximum Gasteiger partial charge on any atom is 0.315 e. The third kappa shape index (κ3) is 3.14. The van der Waals surface area contributed by atoms with Gasteiger partial charge in [-0.1, -0.05) is 54.1 Å². The van der Waals surface area contributed by atoms with Gasteiger partial charge in [0.15, 0.2) is 0 Å². The molecule has 0 aliphatic heterocycles. The first-order valence-corrected chi connectivity index (χ1v) is 7.77. The van der Waals surface area contributed by atoms with Crippen LogP contribution in [0.2, 0.25) is 0 Å². The molecule has 22 heavy (non-hydrogen) atoms. The Hall–Kier alpha value is -2.29. The van der Waals surface area contributed by atoms with E-state index in [-0.39, 0.29) is 11.6 Å². The van der Waals surface area contributed by atoms with Crippen molar-refractivity contribution in [3.05, 3.63) is 70.8 Å². The standard InChI is InChI=1S/C19H22N2O/c1-14-7-9-17(10-8-14)19(11-12-19)21-18(22)20-13-16-6-4-3-5-15(16)2/h3-10H,11-13H2,1-2H3,(H2,20,21,22). The first-order chi connectivity index (χ1) is 10.6. The molecule has 0 aromatic heterocycles. The van der Waals surface area contributed by atoms with Crippen LogP contribution in [0.25, 0.3) is 0 Å². The highest BCUT2D eigenvalue weighted by Gasteiger charge is 2.45. The van der Waals surface area contributed by atoms with E-state index >= 15 is 0 Å². The Morgan fingerprint density at radius 3 is 2.36 bits per heavy atom. The summed E-state index contributed by atoms with van der Waals surface area (Å²) in [5.41, 5.74) is 4.62. The SMILES string of the molecule is Cc1ccc(C2(NC(=O)NCc3ccccc3C)CC2)cc1. The molecule has 0 bridgehead atoms. The fraction of sp³-hybridized carbons (Fsp3) is 0.316. The van der Waals surface area contributed by atoms with Gasteiger partial charge >= 0.3 is 6.03 Å². The van der Waals surface area contributed by atoms with Crippen LogP contribution in [-0.2, 0) is 12.1 Å². The molecular weight excluding hydrogens is 272 g/mol. The van der Waals surface area contributed by atoms with Gasteiger partial charge in [-0.05, 0) is 43.4 Å². The van der Waals surface area contributed by atoms with Gasteiger partial charge in [-0.3, -0.25) is 0 Å². The predicted molar refractivity (Wildman–Crippen MR) is 88.6 cm³/mol. The Morgan fingerprint density at radius 1 is 1.05 bits per heavy atom. The van der Waals surface area contributed by atoms with Gasteiger partial charge in [-0.25, -0.2) is 4.79 Å². The van der Waals surface area contributed by atoms with Crippen LogP contribution in [0.3, 0.4) is 0 Å². The number of aryl methyl sites for hydroxylation is 2. The van der Waals surface area contributed by atoms with Crippen LogP contribution in [0.5, 0.6) is 0 Å². The second-order valence-electron chi connectivity index (χ2n) is 6.18. The third-order valence-electron chi connectivity index (χ3n) is 4.41. The molecule has 0 saturated heterocycles. The molecule has 1 aliphatic carbocycles. The molecule has 2 aromatic rings. The molecule has 1 fully saturated rings. The van der Waals surface area contributed by atoms with Gasteiger partial charge in [-0.15, -0.1) is 0 Å². The van der Waals surface area contributed by atoms with E-state index in [1.807, 2.05) is 18.2 Å². The molecule has 1 aliphatic rings. The van der Waals surface area contributed by atoms with Crippen LogP contribution < -0.4 is 10.6 Å². The van der Waals surface area contributed by atoms with Gasteiger partial charge < -0.3 is 10.6 Å². The van der Waals surface area contributed by atoms with Gasteiger partial charge in [0, 0.05) is 6.54 Å². The molecular formula is C19H22N2O. The Labute approximate surface area is 131 Å². The van der Waals surface area contributed by atoms with Crippen molar-refractivity contribution in [2.24, 2.45) is 0 Å². The first kappa shape index (κ1) is 14.6. The van der Waals surface area contributed by atoms with E-state index in [2.05, 4.69) is 54.8 Å². The minimum atomic E-state index is -0.163. The molecule has 0 radical (unpaired) electrons. The zero-order valence-electron chi connectivity index (χ0n) is 13.1. The summed E-state index contributed by atoms with van der Waals surface area (Å²) in [5, 5.41) is 6.11. The van der Waals surface area contributed by atoms with E-state index in [9.17, 15) is 4.79 Å². The number of rotatable bonds is 4. The van der Waals surface area contributed by atoms with Crippen LogP contribution in [-0.4, -0.2) is 6.03 Å². The van der Waals surface area contributed by atoms with Crippen molar-refractivity contribution in [2.75, 3.05) is 0 Å². The molecule has 3 heteroatoms. The van der Waals surface area contributed by atoms with Crippen LogP contribution in [0.4, 0.5) is 4.79 Å². The van der Waals surface area contributed by atoms with Crippen LogP contribution in [0, 0.1) is 13.8 Å². The molecule has 1 saturated carbocycles. The number of hydrogen-bond acceptors (Lipinski definition) is 1. The van der Waals surface area contributed by atoms with E-state index in [1.165, 1.54) is 16.7 Å². The van der Waals surface area contributed by atoms with Gasteiger partial charge in [0.2, 0.25) is 0 Å². The van der Waals surface area contributed by atoms with Gasteiger partial charge in [0.05, 0.1) is 5.54 Å². The van der Waals surface area contributed by atoms with Crippen molar-refractivity contribution < 1.29 is 4.79 Å². The quantitative estimate of drug-likeness (QED) is 0.885. The van der Waals surface area contributed by atoms with E-state index in [0.29, 0.717) is 6.54 Å². The summed E-state index contributed by atoms with van der Waals surface area (Å²) in [6, 6.07) is 16.4. The zero-order valence-corrected chi connectivity index (χ0v) is 13.1. The summed E-state index contributed by atoms with van der Waals surface area (Å²) in [6.45, 7) is 4.69. The predicted octanol–water partition coefficient (Wildman–Crippen LogP) is 3.79. The van der Waals surface area contributed by atoms with E-state index in [4.69, 9.17) is 0 Å². The largest absolute Gasteiger partial charge is 0.334 e. The Balaban J connectivity index is 1.60. The molecule has 2 amide bonds. The van der Waals surface area contributed by atoms with Crippen LogP contribution in [0.15, 0.2) is 48.5 Å². The average molecular weight is 294 g/mol. The van der Waals surface area contributed by atoms with Crippen LogP contribution in [0.1, 0.15) is 35.1 Å². The van der Waals surface area contributed by atoms with Gasteiger partial charge in [0.1, 0.15) is 0 Å². The highest BCUT2D eigenvalue weighted by molar-refractivity contribution is 5.75. The lowest BCUT2D eigenvalue weighted by molar-refractivity contribution is 0.235. The van der Waals surface area contributed by atoms with Crippen LogP contribution >= 0.6 is 0 Å². The molecule has 3 nitrogen and oxygen atoms in total. The highest BCUT2D eigenvalue weighted by atomic mass is 16.2. The van der Waals surface area contributed by atoms with Crippen molar-refractivity contribution in [1.29, 1.82) is 0 Å². The number of urea groups is 1. The third-order valence-corrected chi connectivity index (χ3v) is 4.41. The minimum Gasteiger partial charge on any atom is -0.334 e. The summed E-state index contributed by atoms with van der Waals surface area (Å²) in [7, 11) is 0. The molecule has 3 rings (SSSR count). The smallest absolute Gasteiger partial charge is 0.315 e. The average Bonchev–Trinajstić information content (AvgIpc) is 3.28. The Bertz CT molecular complexity index is 672. The normalized spacial score (nSPS) is 15.2. The Morgan fingerprint density at radius 2 is 1.73 bits per heavy atom. The molecule has 2 aromatic carbocycles. The number of carbonyl (C=O) groups is 1. The number of amides is 2. The van der Waals surface area contributed by atoms with E-state index < -0.39 is 0 Å². The summed E-state index contributed by atoms with van der Waals surface area (Å²) in [5.74, 6) is 0. The lowest BCUT2D eigenvalue weighted by atomic mass is 10.0. The van der Waals surface area contributed by atoms with E-state index in [0.717, 1.165) is 18.4 Å². The first-order valence-electron chi connectivity index (χ1n) is 7.77. The second kappa shape index (κ2) is 5.84. The lowest BCUT2D eigenvalue weighted by Crippen LogP contribution is -2.42. The molecule has 0 heterocycles. The fourth-order valence-corrected chi connectivity index (χ4v) is 2.73. The topological polar surface area (TPSA) is 41.1 Å². The van der Waals surface area contributed by atoms with E-state index in [1.54, 1.807) is 0 Å². The van der Waals surface area contributed by atoms with Crippen molar-refractivity contribution >= 4 is 6.03 Å². The van der Waals surface area contributed by atoms with Crippen molar-refractivity contribution in [1.82, 2.24) is 10.6 Å². The molecule has 0 atom stereocenters. The molecule has 0 spiro atoms. The monoisotopic (exact) mass is 294 g/mol. The number of hydrogen-bond donors (Lipinski definition) is 2. The van der Waals surface area contributed by atoms with Gasteiger partial charge in [0.25, 0.3) is 0 Å². The van der Waals surface area contributed by atoms with Crippen molar-refractivity contribution in [3.8, 4) is 0 Å². The van der Waals surface area contributed by atoms with Crippen molar-refractivity contribution in [3.63, 3.8) is 0 Å². The molecule has 0 unspecified atom stereocenters. The number of benzene rings is 2. The molecule has 2 N–H and O–H groups in total. The summed E-state index contributed by atoms with van der Waals surface area (Å²) in [4.78, 5) is 12.2. The number of nitrogens with one attached hydrogen (secondary N) is 2. The summed E-state index contributed by atoms with van der Waals surface area (Å²) in [6.07, 6.45) is 2.02. The Kier molecular flexibility index (Phi) is 3.88.